The van der Waals surface area contributed by atoms with Gasteiger partial charge in [0.1, 0.15) is 0 Å². The second kappa shape index (κ2) is 7.71. The number of rotatable bonds is 7. The van der Waals surface area contributed by atoms with Crippen molar-refractivity contribution >= 4 is 23.5 Å². The van der Waals surface area contributed by atoms with Gasteiger partial charge in [0, 0.05) is 38.8 Å². The average Bonchev–Trinajstić information content (AvgIpc) is 2.82. The molecule has 1 aromatic carbocycles. The maximum atomic E-state index is 12.3. The molecule has 0 aliphatic carbocycles. The van der Waals surface area contributed by atoms with Crippen LogP contribution >= 0.6 is 0 Å². The molecule has 0 spiro atoms. The van der Waals surface area contributed by atoms with E-state index in [0.717, 1.165) is 11.0 Å². The van der Waals surface area contributed by atoms with Gasteiger partial charge in [-0.05, 0) is 12.5 Å². The highest BCUT2D eigenvalue weighted by atomic mass is 16.6. The zero-order valence-corrected chi connectivity index (χ0v) is 13.6. The largest absolute Gasteiger partial charge is 0.395 e. The molecule has 1 aromatic rings. The predicted octanol–water partition coefficient (Wildman–Crippen LogP) is 0.215. The second-order valence-electron chi connectivity index (χ2n) is 5.48. The number of carbonyl (C=O) groups is 3. The number of aliphatic hydroxyl groups excluding tert-OH is 1. The van der Waals surface area contributed by atoms with Gasteiger partial charge in [-0.1, -0.05) is 0 Å². The Morgan fingerprint density at radius 2 is 2.00 bits per heavy atom. The van der Waals surface area contributed by atoms with Crippen LogP contribution in [0.3, 0.4) is 0 Å². The Morgan fingerprint density at radius 1 is 1.32 bits per heavy atom. The van der Waals surface area contributed by atoms with Gasteiger partial charge in [-0.2, -0.15) is 0 Å². The van der Waals surface area contributed by atoms with E-state index in [1.165, 1.54) is 24.1 Å². The summed E-state index contributed by atoms with van der Waals surface area (Å²) in [6.45, 7) is 0.375. The van der Waals surface area contributed by atoms with Gasteiger partial charge in [-0.15, -0.1) is 0 Å². The first-order valence-electron chi connectivity index (χ1n) is 7.61. The number of hydrogen-bond donors (Lipinski definition) is 2. The number of non-ortho nitro benzene ring substituents is 1. The molecule has 1 aliphatic heterocycles. The van der Waals surface area contributed by atoms with Gasteiger partial charge < -0.3 is 15.3 Å². The van der Waals surface area contributed by atoms with Crippen molar-refractivity contribution in [2.75, 3.05) is 33.3 Å². The van der Waals surface area contributed by atoms with E-state index in [1.54, 1.807) is 0 Å². The minimum atomic E-state index is -0.626. The van der Waals surface area contributed by atoms with Gasteiger partial charge in [-0.25, -0.2) is 4.79 Å². The Kier molecular flexibility index (Phi) is 5.65. The van der Waals surface area contributed by atoms with Crippen LogP contribution in [0.25, 0.3) is 0 Å². The van der Waals surface area contributed by atoms with Gasteiger partial charge in [-0.3, -0.25) is 24.6 Å². The molecule has 0 radical (unpaired) electrons. The van der Waals surface area contributed by atoms with Crippen molar-refractivity contribution in [2.24, 2.45) is 0 Å². The molecule has 1 aliphatic rings. The molecule has 10 nitrogen and oxygen atoms in total. The average molecular weight is 350 g/mol. The van der Waals surface area contributed by atoms with Crippen LogP contribution in [-0.4, -0.2) is 71.0 Å². The lowest BCUT2D eigenvalue weighted by molar-refractivity contribution is -0.384. The highest BCUT2D eigenvalue weighted by Gasteiger charge is 2.36. The monoisotopic (exact) mass is 350 g/mol. The maximum absolute atomic E-state index is 12.3. The molecular weight excluding hydrogens is 332 g/mol. The number of urea groups is 1. The fourth-order valence-electron chi connectivity index (χ4n) is 2.41. The Labute approximate surface area is 143 Å². The number of nitrogens with zero attached hydrogens (tertiary/aromatic N) is 3. The zero-order chi connectivity index (χ0) is 18.6. The molecular formula is C15H18N4O6. The van der Waals surface area contributed by atoms with Crippen LogP contribution in [0.15, 0.2) is 18.2 Å². The van der Waals surface area contributed by atoms with Crippen LogP contribution in [0.5, 0.6) is 0 Å². The molecule has 4 amide bonds. The summed E-state index contributed by atoms with van der Waals surface area (Å²) in [5.41, 5.74) is -0.0887. The lowest BCUT2D eigenvalue weighted by Crippen LogP contribution is -2.40. The van der Waals surface area contributed by atoms with E-state index in [-0.39, 0.29) is 49.1 Å². The minimum Gasteiger partial charge on any atom is -0.395 e. The molecule has 0 saturated heterocycles. The molecule has 10 heteroatoms. The van der Waals surface area contributed by atoms with E-state index >= 15 is 0 Å². The highest BCUT2D eigenvalue weighted by Crippen LogP contribution is 2.26. The lowest BCUT2D eigenvalue weighted by Gasteiger charge is -2.17. The van der Waals surface area contributed by atoms with E-state index in [0.29, 0.717) is 6.42 Å². The van der Waals surface area contributed by atoms with E-state index in [9.17, 15) is 24.5 Å². The van der Waals surface area contributed by atoms with Gasteiger partial charge in [0.2, 0.25) is 0 Å². The van der Waals surface area contributed by atoms with Crippen molar-refractivity contribution in [3.05, 3.63) is 39.4 Å². The third-order valence-electron chi connectivity index (χ3n) is 3.78. The summed E-state index contributed by atoms with van der Waals surface area (Å²) in [7, 11) is 1.53. The van der Waals surface area contributed by atoms with E-state index in [4.69, 9.17) is 5.11 Å². The summed E-state index contributed by atoms with van der Waals surface area (Å²) < 4.78 is 0. The number of hydrogen-bond acceptors (Lipinski definition) is 6. The van der Waals surface area contributed by atoms with E-state index < -0.39 is 16.7 Å². The number of nitro groups is 1. The van der Waals surface area contributed by atoms with Crippen molar-refractivity contribution in [2.45, 2.75) is 6.42 Å². The molecule has 2 rings (SSSR count). The third-order valence-corrected chi connectivity index (χ3v) is 3.78. The van der Waals surface area contributed by atoms with Crippen molar-refractivity contribution in [3.8, 4) is 0 Å². The summed E-state index contributed by atoms with van der Waals surface area (Å²) in [5, 5.41) is 22.1. The first kappa shape index (κ1) is 18.3. The van der Waals surface area contributed by atoms with Gasteiger partial charge in [0.25, 0.3) is 17.5 Å². The number of likely N-dealkylation sites (N-methyl/N-ethyl adjacent to an activating group) is 1. The number of carbonyl (C=O) groups excluding carboxylic acids is 3. The summed E-state index contributed by atoms with van der Waals surface area (Å²) in [6.07, 6.45) is 0.340. The molecule has 1 heterocycles. The lowest BCUT2D eigenvalue weighted by atomic mass is 10.1. The van der Waals surface area contributed by atoms with Crippen molar-refractivity contribution < 1.29 is 24.4 Å². The summed E-state index contributed by atoms with van der Waals surface area (Å²) in [6, 6.07) is 3.19. The number of imide groups is 1. The molecule has 134 valence electrons. The van der Waals surface area contributed by atoms with Gasteiger partial charge in [0.05, 0.1) is 22.7 Å². The number of amides is 4. The Hall–Kier alpha value is -3.01. The first-order chi connectivity index (χ1) is 11.9. The van der Waals surface area contributed by atoms with Crippen LogP contribution in [0.1, 0.15) is 27.1 Å². The van der Waals surface area contributed by atoms with Gasteiger partial charge >= 0.3 is 6.03 Å². The van der Waals surface area contributed by atoms with Crippen LogP contribution < -0.4 is 5.32 Å². The standard InChI is InChI=1S/C15H18N4O6/c1-17(7-8-20)15(23)16-5-2-6-18-13(21)11-4-3-10(19(24)25)9-12(11)14(18)22/h3-4,9,20H,2,5-8H2,1H3,(H,16,23). The normalized spacial score (nSPS) is 13.0. The Morgan fingerprint density at radius 3 is 2.64 bits per heavy atom. The fourth-order valence-corrected chi connectivity index (χ4v) is 2.41. The number of aliphatic hydroxyl groups is 1. The Bertz CT molecular complexity index is 720. The van der Waals surface area contributed by atoms with Crippen LogP contribution in [-0.2, 0) is 0 Å². The van der Waals surface area contributed by atoms with Crippen LogP contribution in [0, 0.1) is 10.1 Å². The smallest absolute Gasteiger partial charge is 0.317 e. The summed E-state index contributed by atoms with van der Waals surface area (Å²) in [4.78, 5) is 48.6. The molecule has 2 N–H and O–H groups in total. The number of nitro benzene ring substituents is 1. The van der Waals surface area contributed by atoms with Crippen LogP contribution in [0.4, 0.5) is 10.5 Å². The van der Waals surface area contributed by atoms with E-state index in [2.05, 4.69) is 5.32 Å². The SMILES string of the molecule is CN(CCO)C(=O)NCCCN1C(=O)c2ccc([N+](=O)[O-])cc2C1=O. The molecule has 0 bridgehead atoms. The van der Waals surface area contributed by atoms with Crippen molar-refractivity contribution in [1.29, 1.82) is 0 Å². The predicted molar refractivity (Wildman–Crippen MR) is 86.2 cm³/mol. The minimum absolute atomic E-state index is 0.0194. The quantitative estimate of drug-likeness (QED) is 0.313. The second-order valence-corrected chi connectivity index (χ2v) is 5.48. The topological polar surface area (TPSA) is 133 Å². The fraction of sp³-hybridized carbons (Fsp3) is 0.400. The molecule has 0 unspecified atom stereocenters. The van der Waals surface area contributed by atoms with Crippen molar-refractivity contribution in [3.63, 3.8) is 0 Å². The van der Waals surface area contributed by atoms with Crippen LogP contribution in [0.2, 0.25) is 0 Å². The number of fused-ring (bicyclic) bond motifs is 1. The molecule has 25 heavy (non-hydrogen) atoms. The zero-order valence-electron chi connectivity index (χ0n) is 13.6. The van der Waals surface area contributed by atoms with Gasteiger partial charge in [0.15, 0.2) is 0 Å². The van der Waals surface area contributed by atoms with Crippen molar-refractivity contribution in [1.82, 2.24) is 15.1 Å². The molecule has 0 fully saturated rings. The number of nitrogens with one attached hydrogen (secondary N) is 1. The molecule has 0 atom stereocenters. The molecule has 0 aromatic heterocycles. The van der Waals surface area contributed by atoms with E-state index in [1.807, 2.05) is 0 Å². The first-order valence-corrected chi connectivity index (χ1v) is 7.61. The summed E-state index contributed by atoms with van der Waals surface area (Å²) in [5.74, 6) is -1.08. The number of benzene rings is 1. The maximum Gasteiger partial charge on any atom is 0.317 e. The third kappa shape index (κ3) is 3.91. The molecule has 0 saturated carbocycles. The summed E-state index contributed by atoms with van der Waals surface area (Å²) >= 11 is 0. The highest BCUT2D eigenvalue weighted by molar-refractivity contribution is 6.21. The Balaban J connectivity index is 1.92.